The van der Waals surface area contributed by atoms with Crippen LogP contribution in [-0.2, 0) is 4.79 Å². The van der Waals surface area contributed by atoms with E-state index in [4.69, 9.17) is 10.5 Å². The minimum absolute atomic E-state index is 0.117. The molecule has 0 unspecified atom stereocenters. The number of carboxylic acid groups (broad SMARTS) is 1. The van der Waals surface area contributed by atoms with Gasteiger partial charge in [-0.05, 0) is 25.3 Å². The van der Waals surface area contributed by atoms with Crippen molar-refractivity contribution in [3.63, 3.8) is 0 Å². The minimum atomic E-state index is -1.01. The summed E-state index contributed by atoms with van der Waals surface area (Å²) in [4.78, 5) is 10.6. The van der Waals surface area contributed by atoms with Crippen molar-refractivity contribution in [3.8, 4) is 0 Å². The molecule has 12 heavy (non-hydrogen) atoms. The van der Waals surface area contributed by atoms with E-state index in [0.29, 0.717) is 6.42 Å². The molecule has 0 heterocycles. The van der Waals surface area contributed by atoms with Gasteiger partial charge in [-0.15, -0.1) is 0 Å². The molecular formula is C9H11NO2. The number of carboxylic acids is 1. The highest BCUT2D eigenvalue weighted by atomic mass is 16.4. The maximum atomic E-state index is 10.6. The lowest BCUT2D eigenvalue weighted by Gasteiger charge is -2.05. The molecule has 3 heteroatoms. The zero-order valence-electron chi connectivity index (χ0n) is 6.71. The second kappa shape index (κ2) is 3.85. The lowest BCUT2D eigenvalue weighted by molar-refractivity contribution is -0.132. The standard InChI is InChI=1S/C9H11NO2/c10-8-6-4-2-1-3-5-7(8)9(11)12/h1,3,5,10H,2,4,6H2,(H,11,12)/b3-1-,7-5?,10-8?. The fourth-order valence-corrected chi connectivity index (χ4v) is 1.09. The summed E-state index contributed by atoms with van der Waals surface area (Å²) in [5.41, 5.74) is 0.345. The van der Waals surface area contributed by atoms with Crippen LogP contribution in [0.15, 0.2) is 23.8 Å². The van der Waals surface area contributed by atoms with Gasteiger partial charge >= 0.3 is 5.97 Å². The van der Waals surface area contributed by atoms with Crippen molar-refractivity contribution in [1.82, 2.24) is 0 Å². The van der Waals surface area contributed by atoms with Crippen LogP contribution in [0.1, 0.15) is 19.3 Å². The predicted molar refractivity (Wildman–Crippen MR) is 46.4 cm³/mol. The topological polar surface area (TPSA) is 61.2 Å². The Hall–Kier alpha value is -1.38. The number of hydrogen-bond acceptors (Lipinski definition) is 2. The predicted octanol–water partition coefficient (Wildman–Crippen LogP) is 1.76. The Labute approximate surface area is 70.9 Å². The van der Waals surface area contributed by atoms with Gasteiger partial charge in [0.05, 0.1) is 5.57 Å². The van der Waals surface area contributed by atoms with E-state index in [0.717, 1.165) is 12.8 Å². The summed E-state index contributed by atoms with van der Waals surface area (Å²) in [5.74, 6) is -1.01. The molecule has 1 aliphatic carbocycles. The Balaban J connectivity index is 2.88. The normalized spacial score (nSPS) is 20.7. The lowest BCUT2D eigenvalue weighted by atomic mass is 10.0. The smallest absolute Gasteiger partial charge is 0.337 e. The molecule has 3 nitrogen and oxygen atoms in total. The highest BCUT2D eigenvalue weighted by Crippen LogP contribution is 2.09. The molecule has 0 radical (unpaired) electrons. The third-order valence-corrected chi connectivity index (χ3v) is 1.75. The van der Waals surface area contributed by atoms with Crippen LogP contribution in [0.2, 0.25) is 0 Å². The van der Waals surface area contributed by atoms with Crippen molar-refractivity contribution in [2.75, 3.05) is 0 Å². The van der Waals surface area contributed by atoms with Gasteiger partial charge in [-0.25, -0.2) is 4.79 Å². The number of hydrogen-bond donors (Lipinski definition) is 2. The van der Waals surface area contributed by atoms with E-state index in [1.807, 2.05) is 6.08 Å². The van der Waals surface area contributed by atoms with Crippen LogP contribution in [0.4, 0.5) is 0 Å². The highest BCUT2D eigenvalue weighted by molar-refractivity contribution is 6.18. The summed E-state index contributed by atoms with van der Waals surface area (Å²) >= 11 is 0. The van der Waals surface area contributed by atoms with Gasteiger partial charge in [0, 0.05) is 5.71 Å². The van der Waals surface area contributed by atoms with E-state index in [9.17, 15) is 4.79 Å². The average Bonchev–Trinajstić information content (AvgIpc) is 1.96. The van der Waals surface area contributed by atoms with Crippen molar-refractivity contribution in [2.24, 2.45) is 0 Å². The fourth-order valence-electron chi connectivity index (χ4n) is 1.09. The Morgan fingerprint density at radius 1 is 1.58 bits per heavy atom. The zero-order valence-corrected chi connectivity index (χ0v) is 6.71. The molecule has 0 spiro atoms. The molecule has 0 amide bonds. The van der Waals surface area contributed by atoms with Crippen LogP contribution in [0.5, 0.6) is 0 Å². The Kier molecular flexibility index (Phi) is 2.80. The van der Waals surface area contributed by atoms with E-state index in [1.54, 1.807) is 6.08 Å². The summed E-state index contributed by atoms with van der Waals surface area (Å²) < 4.78 is 0. The van der Waals surface area contributed by atoms with Gasteiger partial charge in [0.1, 0.15) is 0 Å². The second-order valence-corrected chi connectivity index (χ2v) is 2.68. The van der Waals surface area contributed by atoms with E-state index in [-0.39, 0.29) is 11.3 Å². The molecule has 0 aromatic heterocycles. The number of carbonyl (C=O) groups is 1. The molecule has 0 bridgehead atoms. The first-order valence-corrected chi connectivity index (χ1v) is 3.89. The van der Waals surface area contributed by atoms with Crippen LogP contribution < -0.4 is 0 Å². The van der Waals surface area contributed by atoms with E-state index in [1.165, 1.54) is 6.08 Å². The van der Waals surface area contributed by atoms with Gasteiger partial charge in [0.15, 0.2) is 0 Å². The maximum Gasteiger partial charge on any atom is 0.337 e. The van der Waals surface area contributed by atoms with Crippen LogP contribution in [0.3, 0.4) is 0 Å². The molecule has 0 saturated carbocycles. The van der Waals surface area contributed by atoms with Crippen molar-refractivity contribution in [2.45, 2.75) is 19.3 Å². The summed E-state index contributed by atoms with van der Waals surface area (Å²) in [5, 5.41) is 16.1. The Bertz CT molecular complexity index is 264. The van der Waals surface area contributed by atoms with Crippen LogP contribution in [0, 0.1) is 5.41 Å². The first-order valence-electron chi connectivity index (χ1n) is 3.89. The first kappa shape index (κ1) is 8.71. The molecule has 0 aromatic carbocycles. The molecule has 0 fully saturated rings. The monoisotopic (exact) mass is 165 g/mol. The number of rotatable bonds is 1. The zero-order chi connectivity index (χ0) is 8.97. The Morgan fingerprint density at radius 3 is 3.00 bits per heavy atom. The molecular weight excluding hydrogens is 154 g/mol. The third-order valence-electron chi connectivity index (χ3n) is 1.75. The van der Waals surface area contributed by atoms with Crippen LogP contribution >= 0.6 is 0 Å². The molecule has 1 rings (SSSR count). The van der Waals surface area contributed by atoms with Crippen LogP contribution in [0.25, 0.3) is 0 Å². The molecule has 0 aliphatic heterocycles. The van der Waals surface area contributed by atoms with Gasteiger partial charge in [-0.1, -0.05) is 12.2 Å². The molecule has 2 N–H and O–H groups in total. The Morgan fingerprint density at radius 2 is 2.33 bits per heavy atom. The SMILES string of the molecule is N=C1CCC/C=C\C=C1C(=O)O. The van der Waals surface area contributed by atoms with Gasteiger partial charge in [0.25, 0.3) is 0 Å². The lowest BCUT2D eigenvalue weighted by Crippen LogP contribution is -2.11. The summed E-state index contributed by atoms with van der Waals surface area (Å²) in [6.07, 6.45) is 7.46. The number of aliphatic carboxylic acids is 1. The van der Waals surface area contributed by atoms with Gasteiger partial charge < -0.3 is 10.5 Å². The van der Waals surface area contributed by atoms with E-state index < -0.39 is 5.97 Å². The summed E-state index contributed by atoms with van der Waals surface area (Å²) in [6, 6.07) is 0. The molecule has 0 aromatic rings. The second-order valence-electron chi connectivity index (χ2n) is 2.68. The molecule has 0 saturated heterocycles. The summed E-state index contributed by atoms with van der Waals surface area (Å²) in [7, 11) is 0. The van der Waals surface area contributed by atoms with Crippen LogP contribution in [-0.4, -0.2) is 16.8 Å². The highest BCUT2D eigenvalue weighted by Gasteiger charge is 2.12. The van der Waals surface area contributed by atoms with Crippen molar-refractivity contribution < 1.29 is 9.90 Å². The molecule has 0 atom stereocenters. The molecule has 64 valence electrons. The van der Waals surface area contributed by atoms with E-state index in [2.05, 4.69) is 0 Å². The van der Waals surface area contributed by atoms with Crippen molar-refractivity contribution in [3.05, 3.63) is 23.8 Å². The number of allylic oxidation sites excluding steroid dienone is 3. The fraction of sp³-hybridized carbons (Fsp3) is 0.333. The van der Waals surface area contributed by atoms with Crippen molar-refractivity contribution in [1.29, 1.82) is 5.41 Å². The average molecular weight is 165 g/mol. The summed E-state index contributed by atoms with van der Waals surface area (Å²) in [6.45, 7) is 0. The first-order chi connectivity index (χ1) is 5.72. The van der Waals surface area contributed by atoms with E-state index >= 15 is 0 Å². The number of nitrogens with one attached hydrogen (secondary N) is 1. The third kappa shape index (κ3) is 2.05. The van der Waals surface area contributed by atoms with Crippen molar-refractivity contribution >= 4 is 11.7 Å². The minimum Gasteiger partial charge on any atom is -0.478 e. The largest absolute Gasteiger partial charge is 0.478 e. The maximum absolute atomic E-state index is 10.6. The quantitative estimate of drug-likeness (QED) is 0.621. The van der Waals surface area contributed by atoms with Gasteiger partial charge in [0.2, 0.25) is 0 Å². The van der Waals surface area contributed by atoms with Gasteiger partial charge in [-0.3, -0.25) is 0 Å². The van der Waals surface area contributed by atoms with Gasteiger partial charge in [-0.2, -0.15) is 0 Å². The molecule has 1 aliphatic rings.